The summed E-state index contributed by atoms with van der Waals surface area (Å²) in [6.07, 6.45) is -1.15. The SMILES string of the molecule is [C-]#[N+]c1ccc(COc2ccc(-c3c[nH]c(-c4ccc(C(F)(F)F)cc4)n3)cc2C)nc1. The number of nitrogens with one attached hydrogen (secondary N) is 1. The van der Waals surface area contributed by atoms with Crippen LogP contribution in [-0.4, -0.2) is 15.0 Å². The Kier molecular flexibility index (Phi) is 5.65. The lowest BCUT2D eigenvalue weighted by Gasteiger charge is -2.10. The third-order valence-corrected chi connectivity index (χ3v) is 4.85. The van der Waals surface area contributed by atoms with Crippen molar-refractivity contribution in [3.8, 4) is 28.4 Å². The van der Waals surface area contributed by atoms with E-state index in [0.717, 1.165) is 29.0 Å². The predicted molar refractivity (Wildman–Crippen MR) is 114 cm³/mol. The summed E-state index contributed by atoms with van der Waals surface area (Å²) in [5.41, 5.74) is 3.49. The van der Waals surface area contributed by atoms with Crippen molar-refractivity contribution in [3.63, 3.8) is 0 Å². The van der Waals surface area contributed by atoms with Crippen LogP contribution in [0.25, 0.3) is 27.5 Å². The minimum absolute atomic E-state index is 0.277. The molecule has 0 unspecified atom stereocenters. The van der Waals surface area contributed by atoms with Crippen LogP contribution in [0.3, 0.4) is 0 Å². The molecule has 0 aliphatic heterocycles. The van der Waals surface area contributed by atoms with Gasteiger partial charge in [-0.25, -0.2) is 9.83 Å². The van der Waals surface area contributed by atoms with Crippen LogP contribution in [-0.2, 0) is 12.8 Å². The van der Waals surface area contributed by atoms with Crippen LogP contribution in [0.5, 0.6) is 5.75 Å². The molecule has 1 N–H and O–H groups in total. The lowest BCUT2D eigenvalue weighted by Crippen LogP contribution is -2.04. The molecule has 0 aliphatic rings. The Balaban J connectivity index is 1.47. The summed E-state index contributed by atoms with van der Waals surface area (Å²) in [6, 6.07) is 13.9. The Morgan fingerprint density at radius 1 is 1.03 bits per heavy atom. The van der Waals surface area contributed by atoms with Crippen LogP contribution in [0.1, 0.15) is 16.8 Å². The second-order valence-electron chi connectivity index (χ2n) is 7.10. The van der Waals surface area contributed by atoms with Gasteiger partial charge in [-0.3, -0.25) is 4.98 Å². The summed E-state index contributed by atoms with van der Waals surface area (Å²) in [7, 11) is 0. The predicted octanol–water partition coefficient (Wildman–Crippen LogP) is 6.60. The highest BCUT2D eigenvalue weighted by atomic mass is 19.4. The molecule has 0 saturated heterocycles. The van der Waals surface area contributed by atoms with E-state index < -0.39 is 11.7 Å². The molecule has 2 aromatic carbocycles. The molecule has 4 aromatic rings. The van der Waals surface area contributed by atoms with E-state index in [1.165, 1.54) is 18.3 Å². The van der Waals surface area contributed by atoms with Crippen molar-refractivity contribution in [1.82, 2.24) is 15.0 Å². The fourth-order valence-electron chi connectivity index (χ4n) is 3.13. The first-order valence-corrected chi connectivity index (χ1v) is 9.63. The number of ether oxygens (including phenoxy) is 1. The average Bonchev–Trinajstić information content (AvgIpc) is 3.28. The second-order valence-corrected chi connectivity index (χ2v) is 7.10. The maximum Gasteiger partial charge on any atom is 0.416 e. The number of aryl methyl sites for hydroxylation is 1. The van der Waals surface area contributed by atoms with Crippen LogP contribution in [0, 0.1) is 13.5 Å². The van der Waals surface area contributed by atoms with E-state index in [2.05, 4.69) is 19.8 Å². The number of pyridine rings is 1. The molecule has 2 heterocycles. The molecule has 4 rings (SSSR count). The van der Waals surface area contributed by atoms with Crippen molar-refractivity contribution in [1.29, 1.82) is 0 Å². The number of rotatable bonds is 5. The lowest BCUT2D eigenvalue weighted by atomic mass is 10.1. The van der Waals surface area contributed by atoms with Gasteiger partial charge >= 0.3 is 6.18 Å². The number of hydrogen-bond donors (Lipinski definition) is 1. The molecule has 0 bridgehead atoms. The monoisotopic (exact) mass is 434 g/mol. The zero-order valence-corrected chi connectivity index (χ0v) is 16.9. The fourth-order valence-corrected chi connectivity index (χ4v) is 3.13. The zero-order chi connectivity index (χ0) is 22.7. The molecule has 5 nitrogen and oxygen atoms in total. The largest absolute Gasteiger partial charge is 0.487 e. The molecular weight excluding hydrogens is 417 g/mol. The van der Waals surface area contributed by atoms with Crippen LogP contribution < -0.4 is 4.74 Å². The molecule has 0 atom stereocenters. The van der Waals surface area contributed by atoms with Gasteiger partial charge in [0.25, 0.3) is 0 Å². The third kappa shape index (κ3) is 4.62. The van der Waals surface area contributed by atoms with Crippen LogP contribution in [0.15, 0.2) is 67.0 Å². The second kappa shape index (κ2) is 8.55. The van der Waals surface area contributed by atoms with E-state index >= 15 is 0 Å². The summed E-state index contributed by atoms with van der Waals surface area (Å²) in [5.74, 6) is 1.18. The first kappa shape index (κ1) is 21.1. The summed E-state index contributed by atoms with van der Waals surface area (Å²) in [4.78, 5) is 15.0. The summed E-state index contributed by atoms with van der Waals surface area (Å²) in [5, 5.41) is 0. The molecule has 32 heavy (non-hydrogen) atoms. The highest BCUT2D eigenvalue weighted by Gasteiger charge is 2.30. The summed E-state index contributed by atoms with van der Waals surface area (Å²) < 4.78 is 44.1. The molecule has 2 aromatic heterocycles. The van der Waals surface area contributed by atoms with Gasteiger partial charge in [-0.1, -0.05) is 18.2 Å². The van der Waals surface area contributed by atoms with Gasteiger partial charge in [0.05, 0.1) is 23.5 Å². The quantitative estimate of drug-likeness (QED) is 0.360. The molecule has 0 spiro atoms. The standard InChI is InChI=1S/C24H17F3N4O/c1-15-11-17(5-10-22(15)32-14-20-9-8-19(28-2)12-29-20)21-13-30-23(31-21)16-3-6-18(7-4-16)24(25,26)27/h3-13H,14H2,1H3,(H,30,31). The zero-order valence-electron chi connectivity index (χ0n) is 16.9. The van der Waals surface area contributed by atoms with Gasteiger partial charge < -0.3 is 9.72 Å². The van der Waals surface area contributed by atoms with Gasteiger partial charge in [-0.05, 0) is 48.9 Å². The Labute approximate surface area is 182 Å². The van der Waals surface area contributed by atoms with Crippen molar-refractivity contribution in [2.45, 2.75) is 19.7 Å². The van der Waals surface area contributed by atoms with Gasteiger partial charge in [0, 0.05) is 23.5 Å². The lowest BCUT2D eigenvalue weighted by molar-refractivity contribution is -0.137. The number of halogens is 3. The van der Waals surface area contributed by atoms with Crippen LogP contribution in [0.4, 0.5) is 18.9 Å². The first-order chi connectivity index (χ1) is 15.3. The van der Waals surface area contributed by atoms with E-state index in [1.54, 1.807) is 18.3 Å². The molecule has 0 aliphatic carbocycles. The molecule has 0 radical (unpaired) electrons. The molecule has 0 fully saturated rings. The number of H-pyrrole nitrogens is 1. The van der Waals surface area contributed by atoms with Crippen molar-refractivity contribution in [2.75, 3.05) is 0 Å². The van der Waals surface area contributed by atoms with E-state index in [1.807, 2.05) is 25.1 Å². The van der Waals surface area contributed by atoms with E-state index in [0.29, 0.717) is 28.5 Å². The molecular formula is C24H17F3N4O. The van der Waals surface area contributed by atoms with Gasteiger partial charge in [-0.15, -0.1) is 0 Å². The van der Waals surface area contributed by atoms with E-state index in [-0.39, 0.29) is 6.61 Å². The highest BCUT2D eigenvalue weighted by Crippen LogP contribution is 2.31. The van der Waals surface area contributed by atoms with Gasteiger partial charge in [-0.2, -0.15) is 13.2 Å². The molecule has 0 saturated carbocycles. The van der Waals surface area contributed by atoms with Crippen LogP contribution in [0.2, 0.25) is 0 Å². The molecule has 0 amide bonds. The average molecular weight is 434 g/mol. The Bertz CT molecular complexity index is 1270. The van der Waals surface area contributed by atoms with Gasteiger partial charge in [0.15, 0.2) is 0 Å². The van der Waals surface area contributed by atoms with E-state index in [9.17, 15) is 13.2 Å². The van der Waals surface area contributed by atoms with Crippen molar-refractivity contribution in [3.05, 3.63) is 95.2 Å². The Morgan fingerprint density at radius 3 is 2.41 bits per heavy atom. The van der Waals surface area contributed by atoms with Crippen molar-refractivity contribution in [2.24, 2.45) is 0 Å². The Hall–Kier alpha value is -4.12. The number of aromatic nitrogens is 3. The summed E-state index contributed by atoms with van der Waals surface area (Å²) in [6.45, 7) is 9.15. The molecule has 8 heteroatoms. The smallest absolute Gasteiger partial charge is 0.416 e. The topological polar surface area (TPSA) is 55.2 Å². The number of benzene rings is 2. The van der Waals surface area contributed by atoms with Gasteiger partial charge in [0.2, 0.25) is 5.69 Å². The number of nitrogens with zero attached hydrogens (tertiary/aromatic N) is 3. The van der Waals surface area contributed by atoms with Crippen LogP contribution >= 0.6 is 0 Å². The third-order valence-electron chi connectivity index (χ3n) is 4.85. The van der Waals surface area contributed by atoms with Crippen molar-refractivity contribution < 1.29 is 17.9 Å². The van der Waals surface area contributed by atoms with Gasteiger partial charge in [0.1, 0.15) is 18.2 Å². The summed E-state index contributed by atoms with van der Waals surface area (Å²) >= 11 is 0. The Morgan fingerprint density at radius 2 is 1.78 bits per heavy atom. The minimum Gasteiger partial charge on any atom is -0.487 e. The number of alkyl halides is 3. The normalized spacial score (nSPS) is 11.2. The number of hydrogen-bond acceptors (Lipinski definition) is 3. The van der Waals surface area contributed by atoms with E-state index in [4.69, 9.17) is 11.3 Å². The molecule has 160 valence electrons. The number of imidazole rings is 1. The highest BCUT2D eigenvalue weighted by molar-refractivity contribution is 5.66. The maximum absolute atomic E-state index is 12.8. The first-order valence-electron chi connectivity index (χ1n) is 9.63. The number of aromatic amines is 1. The maximum atomic E-state index is 12.8. The van der Waals surface area contributed by atoms with Crippen molar-refractivity contribution >= 4 is 5.69 Å². The minimum atomic E-state index is -4.37. The fraction of sp³-hybridized carbons (Fsp3) is 0.125.